The molecule has 3 heteroatoms. The SMILES string of the molecule is Cc1ccc(F)c([C@@H](N)CF)c1. The number of alkyl halides is 1. The van der Waals surface area contributed by atoms with E-state index in [0.29, 0.717) is 0 Å². The van der Waals surface area contributed by atoms with Crippen molar-refractivity contribution in [3.63, 3.8) is 0 Å². The highest BCUT2D eigenvalue weighted by molar-refractivity contribution is 5.26. The van der Waals surface area contributed by atoms with Crippen molar-refractivity contribution in [1.29, 1.82) is 0 Å². The van der Waals surface area contributed by atoms with Gasteiger partial charge in [0.1, 0.15) is 12.5 Å². The average molecular weight is 171 g/mol. The quantitative estimate of drug-likeness (QED) is 0.724. The number of halogens is 2. The van der Waals surface area contributed by atoms with Gasteiger partial charge in [0, 0.05) is 5.56 Å². The van der Waals surface area contributed by atoms with E-state index in [0.717, 1.165) is 5.56 Å². The molecule has 0 spiro atoms. The summed E-state index contributed by atoms with van der Waals surface area (Å²) in [5.41, 5.74) is 6.48. The average Bonchev–Trinajstić information content (AvgIpc) is 2.08. The fraction of sp³-hybridized carbons (Fsp3) is 0.333. The molecule has 0 radical (unpaired) electrons. The third-order valence-electron chi connectivity index (χ3n) is 1.72. The topological polar surface area (TPSA) is 26.0 Å². The van der Waals surface area contributed by atoms with E-state index >= 15 is 0 Å². The molecule has 1 aromatic carbocycles. The molecule has 66 valence electrons. The minimum atomic E-state index is -0.843. The second kappa shape index (κ2) is 3.63. The fourth-order valence-electron chi connectivity index (χ4n) is 1.03. The van der Waals surface area contributed by atoms with Gasteiger partial charge in [0.2, 0.25) is 0 Å². The maximum absolute atomic E-state index is 13.0. The van der Waals surface area contributed by atoms with Gasteiger partial charge in [-0.1, -0.05) is 17.7 Å². The number of benzene rings is 1. The number of hydrogen-bond acceptors (Lipinski definition) is 1. The Morgan fingerprint density at radius 1 is 1.50 bits per heavy atom. The first-order valence-corrected chi connectivity index (χ1v) is 3.72. The molecule has 0 saturated carbocycles. The lowest BCUT2D eigenvalue weighted by Crippen LogP contribution is -2.14. The number of rotatable bonds is 2. The molecule has 0 amide bonds. The van der Waals surface area contributed by atoms with E-state index in [4.69, 9.17) is 5.73 Å². The van der Waals surface area contributed by atoms with Gasteiger partial charge in [0.15, 0.2) is 0 Å². The van der Waals surface area contributed by atoms with Gasteiger partial charge < -0.3 is 5.73 Å². The number of aryl methyl sites for hydroxylation is 1. The van der Waals surface area contributed by atoms with Crippen molar-refractivity contribution >= 4 is 0 Å². The molecular formula is C9H11F2N. The van der Waals surface area contributed by atoms with E-state index < -0.39 is 18.5 Å². The van der Waals surface area contributed by atoms with Crippen molar-refractivity contribution in [2.24, 2.45) is 5.73 Å². The molecule has 0 aromatic heterocycles. The Morgan fingerprint density at radius 2 is 2.17 bits per heavy atom. The highest BCUT2D eigenvalue weighted by Gasteiger charge is 2.10. The Kier molecular flexibility index (Phi) is 2.76. The molecule has 0 aliphatic heterocycles. The summed E-state index contributed by atoms with van der Waals surface area (Å²) in [6.45, 7) is 1.08. The lowest BCUT2D eigenvalue weighted by Gasteiger charge is -2.08. The van der Waals surface area contributed by atoms with Crippen molar-refractivity contribution < 1.29 is 8.78 Å². The van der Waals surface area contributed by atoms with Crippen LogP contribution in [0.5, 0.6) is 0 Å². The molecule has 0 saturated heterocycles. The van der Waals surface area contributed by atoms with Crippen molar-refractivity contribution in [3.8, 4) is 0 Å². The minimum Gasteiger partial charge on any atom is -0.322 e. The lowest BCUT2D eigenvalue weighted by atomic mass is 10.1. The molecular weight excluding hydrogens is 160 g/mol. The van der Waals surface area contributed by atoms with Gasteiger partial charge in [0.05, 0.1) is 6.04 Å². The van der Waals surface area contributed by atoms with Crippen LogP contribution >= 0.6 is 0 Å². The molecule has 0 bridgehead atoms. The molecule has 0 aliphatic rings. The van der Waals surface area contributed by atoms with Gasteiger partial charge >= 0.3 is 0 Å². The summed E-state index contributed by atoms with van der Waals surface area (Å²) in [5, 5.41) is 0. The van der Waals surface area contributed by atoms with Crippen LogP contribution in [0.15, 0.2) is 18.2 Å². The Labute approximate surface area is 70.2 Å². The third kappa shape index (κ3) is 1.80. The van der Waals surface area contributed by atoms with Gasteiger partial charge in [-0.3, -0.25) is 0 Å². The first-order chi connectivity index (χ1) is 5.65. The van der Waals surface area contributed by atoms with E-state index in [1.54, 1.807) is 12.1 Å². The van der Waals surface area contributed by atoms with Crippen molar-refractivity contribution in [3.05, 3.63) is 35.1 Å². The van der Waals surface area contributed by atoms with Crippen LogP contribution in [0.3, 0.4) is 0 Å². The molecule has 1 atom stereocenters. The monoisotopic (exact) mass is 171 g/mol. The van der Waals surface area contributed by atoms with Crippen LogP contribution in [0.1, 0.15) is 17.2 Å². The number of hydrogen-bond donors (Lipinski definition) is 1. The van der Waals surface area contributed by atoms with Crippen LogP contribution in [-0.2, 0) is 0 Å². The summed E-state index contributed by atoms with van der Waals surface area (Å²) >= 11 is 0. The van der Waals surface area contributed by atoms with Crippen LogP contribution in [0, 0.1) is 12.7 Å². The second-order valence-corrected chi connectivity index (χ2v) is 2.79. The molecule has 12 heavy (non-hydrogen) atoms. The number of nitrogens with two attached hydrogens (primary N) is 1. The maximum atomic E-state index is 13.0. The van der Waals surface area contributed by atoms with Crippen molar-refractivity contribution in [1.82, 2.24) is 0 Å². The smallest absolute Gasteiger partial charge is 0.128 e. The van der Waals surface area contributed by atoms with Gasteiger partial charge in [-0.15, -0.1) is 0 Å². The normalized spacial score (nSPS) is 13.0. The molecule has 1 rings (SSSR count). The second-order valence-electron chi connectivity index (χ2n) is 2.79. The largest absolute Gasteiger partial charge is 0.322 e. The van der Waals surface area contributed by atoms with Crippen molar-refractivity contribution in [2.45, 2.75) is 13.0 Å². The van der Waals surface area contributed by atoms with E-state index in [1.165, 1.54) is 6.07 Å². The maximum Gasteiger partial charge on any atom is 0.128 e. The highest BCUT2D eigenvalue weighted by Crippen LogP contribution is 2.16. The van der Waals surface area contributed by atoms with Crippen LogP contribution in [0.4, 0.5) is 8.78 Å². The summed E-state index contributed by atoms with van der Waals surface area (Å²) in [4.78, 5) is 0. The van der Waals surface area contributed by atoms with E-state index in [2.05, 4.69) is 0 Å². The zero-order chi connectivity index (χ0) is 9.14. The zero-order valence-electron chi connectivity index (χ0n) is 6.85. The summed E-state index contributed by atoms with van der Waals surface area (Å²) in [7, 11) is 0. The summed E-state index contributed by atoms with van der Waals surface area (Å²) in [6.07, 6.45) is 0. The predicted molar refractivity (Wildman–Crippen MR) is 44.0 cm³/mol. The van der Waals surface area contributed by atoms with Gasteiger partial charge in [0.25, 0.3) is 0 Å². The first-order valence-electron chi connectivity index (χ1n) is 3.72. The van der Waals surface area contributed by atoms with Gasteiger partial charge in [-0.2, -0.15) is 0 Å². The van der Waals surface area contributed by atoms with Crippen LogP contribution in [0.25, 0.3) is 0 Å². The third-order valence-corrected chi connectivity index (χ3v) is 1.72. The van der Waals surface area contributed by atoms with E-state index in [1.807, 2.05) is 6.92 Å². The Hall–Kier alpha value is -0.960. The molecule has 0 fully saturated rings. The van der Waals surface area contributed by atoms with Gasteiger partial charge in [-0.25, -0.2) is 8.78 Å². The van der Waals surface area contributed by atoms with E-state index in [-0.39, 0.29) is 5.56 Å². The molecule has 0 aliphatic carbocycles. The van der Waals surface area contributed by atoms with Crippen LogP contribution < -0.4 is 5.73 Å². The molecule has 1 aromatic rings. The zero-order valence-corrected chi connectivity index (χ0v) is 6.85. The molecule has 0 unspecified atom stereocenters. The standard InChI is InChI=1S/C9H11F2N/c1-6-2-3-8(11)7(4-6)9(12)5-10/h2-4,9H,5,12H2,1H3/t9-/m0/s1. The summed E-state index contributed by atoms with van der Waals surface area (Å²) in [5.74, 6) is -0.439. The van der Waals surface area contributed by atoms with Crippen LogP contribution in [0.2, 0.25) is 0 Å². The van der Waals surface area contributed by atoms with Gasteiger partial charge in [-0.05, 0) is 13.0 Å². The van der Waals surface area contributed by atoms with E-state index in [9.17, 15) is 8.78 Å². The Bertz CT molecular complexity index is 273. The molecule has 2 N–H and O–H groups in total. The van der Waals surface area contributed by atoms with Crippen LogP contribution in [-0.4, -0.2) is 6.67 Å². The lowest BCUT2D eigenvalue weighted by molar-refractivity contribution is 0.426. The molecule has 1 nitrogen and oxygen atoms in total. The minimum absolute atomic E-state index is 0.248. The fourth-order valence-corrected chi connectivity index (χ4v) is 1.03. The summed E-state index contributed by atoms with van der Waals surface area (Å²) < 4.78 is 25.1. The predicted octanol–water partition coefficient (Wildman–Crippen LogP) is 2.10. The highest BCUT2D eigenvalue weighted by atomic mass is 19.1. The van der Waals surface area contributed by atoms with Crippen molar-refractivity contribution in [2.75, 3.05) is 6.67 Å². The summed E-state index contributed by atoms with van der Waals surface area (Å²) in [6, 6.07) is 3.66. The molecule has 0 heterocycles. The Morgan fingerprint density at radius 3 is 2.75 bits per heavy atom. The Balaban J connectivity index is 3.04. The first kappa shape index (κ1) is 9.13.